The van der Waals surface area contributed by atoms with Crippen molar-refractivity contribution in [2.24, 2.45) is 11.8 Å². The first kappa shape index (κ1) is 27.8. The number of hydrogen-bond donors (Lipinski definition) is 0. The topological polar surface area (TPSA) is 107 Å². The molecule has 36 heavy (non-hydrogen) atoms. The number of esters is 2. The van der Waals surface area contributed by atoms with E-state index < -0.39 is 5.97 Å². The van der Waals surface area contributed by atoms with E-state index in [0.29, 0.717) is 50.4 Å². The molecule has 198 valence electrons. The number of hydrogen-bond acceptors (Lipinski definition) is 9. The molecule has 0 amide bonds. The summed E-state index contributed by atoms with van der Waals surface area (Å²) in [5, 5.41) is 0. The fraction of sp³-hybridized carbons (Fsp3) is 0.593. The molecule has 0 atom stereocenters. The molecule has 3 rings (SSSR count). The first-order valence-electron chi connectivity index (χ1n) is 12.6. The van der Waals surface area contributed by atoms with Crippen LogP contribution in [0.1, 0.15) is 57.8 Å². The summed E-state index contributed by atoms with van der Waals surface area (Å²) in [6, 6.07) is 6.50. The van der Waals surface area contributed by atoms with E-state index in [1.807, 2.05) is 0 Å². The van der Waals surface area contributed by atoms with Crippen molar-refractivity contribution < 1.29 is 43.1 Å². The summed E-state index contributed by atoms with van der Waals surface area (Å²) >= 11 is 0. The van der Waals surface area contributed by atoms with Crippen molar-refractivity contribution in [3.63, 3.8) is 0 Å². The van der Waals surface area contributed by atoms with Crippen LogP contribution in [0.5, 0.6) is 11.5 Å². The van der Waals surface area contributed by atoms with Crippen LogP contribution in [0.15, 0.2) is 36.9 Å². The third-order valence-corrected chi connectivity index (χ3v) is 6.56. The Kier molecular flexibility index (Phi) is 11.4. The van der Waals surface area contributed by atoms with Crippen molar-refractivity contribution >= 4 is 17.9 Å². The van der Waals surface area contributed by atoms with Crippen LogP contribution in [-0.4, -0.2) is 50.4 Å². The third-order valence-electron chi connectivity index (χ3n) is 6.56. The zero-order valence-corrected chi connectivity index (χ0v) is 20.9. The molecule has 0 N–H and O–H groups in total. The minimum atomic E-state index is -0.642. The van der Waals surface area contributed by atoms with Crippen LogP contribution in [0.3, 0.4) is 0 Å². The Hall–Kier alpha value is -2.75. The van der Waals surface area contributed by atoms with Gasteiger partial charge < -0.3 is 18.9 Å². The molecule has 1 aromatic rings. The minimum absolute atomic E-state index is 0.138. The van der Waals surface area contributed by atoms with Crippen molar-refractivity contribution in [3.8, 4) is 11.5 Å². The molecule has 2 aliphatic carbocycles. The highest BCUT2D eigenvalue weighted by molar-refractivity contribution is 5.80. The van der Waals surface area contributed by atoms with Crippen molar-refractivity contribution in [2.45, 2.75) is 70.0 Å². The summed E-state index contributed by atoms with van der Waals surface area (Å²) in [5.74, 6) is -0.777. The average Bonchev–Trinajstić information content (AvgIpc) is 2.91. The van der Waals surface area contributed by atoms with Gasteiger partial charge in [0.1, 0.15) is 17.6 Å². The van der Waals surface area contributed by atoms with Gasteiger partial charge in [-0.15, -0.1) is 0 Å². The highest BCUT2D eigenvalue weighted by Crippen LogP contribution is 2.30. The predicted molar refractivity (Wildman–Crippen MR) is 129 cm³/mol. The zero-order chi connectivity index (χ0) is 25.8. The molecular formula is C27H36O9. The van der Waals surface area contributed by atoms with Crippen molar-refractivity contribution in [1.82, 2.24) is 0 Å². The van der Waals surface area contributed by atoms with E-state index in [0.717, 1.165) is 38.2 Å². The van der Waals surface area contributed by atoms with E-state index in [9.17, 15) is 14.4 Å². The fourth-order valence-corrected chi connectivity index (χ4v) is 4.44. The number of rotatable bonds is 12. The largest absolute Gasteiger partial charge is 0.426 e. The Balaban J connectivity index is 1.35. The molecule has 0 spiro atoms. The molecule has 0 saturated heterocycles. The zero-order valence-electron chi connectivity index (χ0n) is 20.9. The van der Waals surface area contributed by atoms with Crippen LogP contribution >= 0.6 is 0 Å². The maximum absolute atomic E-state index is 12.6. The predicted octanol–water partition coefficient (Wildman–Crippen LogP) is 4.33. The lowest BCUT2D eigenvalue weighted by Gasteiger charge is -2.27. The van der Waals surface area contributed by atoms with Gasteiger partial charge in [0.25, 0.3) is 0 Å². The van der Waals surface area contributed by atoms with Crippen LogP contribution in [0.4, 0.5) is 0 Å². The lowest BCUT2D eigenvalue weighted by Crippen LogP contribution is -2.29. The van der Waals surface area contributed by atoms with Gasteiger partial charge in [0.05, 0.1) is 17.9 Å². The second-order valence-corrected chi connectivity index (χ2v) is 9.18. The number of carbonyl (C=O) groups is 3. The Morgan fingerprint density at radius 2 is 1.31 bits per heavy atom. The summed E-state index contributed by atoms with van der Waals surface area (Å²) < 4.78 is 21.9. The molecule has 0 aromatic heterocycles. The summed E-state index contributed by atoms with van der Waals surface area (Å²) in [6.07, 6.45) is 7.34. The molecule has 9 nitrogen and oxygen atoms in total. The lowest BCUT2D eigenvalue weighted by molar-refractivity contribution is -0.298. The van der Waals surface area contributed by atoms with Gasteiger partial charge in [-0.05, 0) is 82.1 Å². The molecule has 2 fully saturated rings. The molecule has 0 bridgehead atoms. The molecule has 0 unspecified atom stereocenters. The van der Waals surface area contributed by atoms with Gasteiger partial charge in [0.15, 0.2) is 0 Å². The summed E-state index contributed by atoms with van der Waals surface area (Å²) in [4.78, 5) is 45.8. The number of ether oxygens (including phenoxy) is 4. The monoisotopic (exact) mass is 504 g/mol. The highest BCUT2D eigenvalue weighted by Gasteiger charge is 2.30. The van der Waals surface area contributed by atoms with Gasteiger partial charge in [0.2, 0.25) is 0 Å². The first-order valence-corrected chi connectivity index (χ1v) is 12.6. The van der Waals surface area contributed by atoms with Crippen LogP contribution in [0, 0.1) is 11.8 Å². The molecule has 0 radical (unpaired) electrons. The quantitative estimate of drug-likeness (QED) is 0.103. The van der Waals surface area contributed by atoms with Crippen LogP contribution in [0.25, 0.3) is 0 Å². The summed E-state index contributed by atoms with van der Waals surface area (Å²) in [7, 11) is 1.68. The van der Waals surface area contributed by atoms with Crippen LogP contribution < -0.4 is 9.47 Å². The Bertz CT molecular complexity index is 851. The van der Waals surface area contributed by atoms with Gasteiger partial charge in [-0.3, -0.25) is 14.5 Å². The molecule has 2 saturated carbocycles. The molecular weight excluding hydrogens is 468 g/mol. The van der Waals surface area contributed by atoms with Gasteiger partial charge in [-0.1, -0.05) is 6.58 Å². The van der Waals surface area contributed by atoms with Crippen LogP contribution in [-0.2, 0) is 33.6 Å². The number of methoxy groups -OCH3 is 1. The summed E-state index contributed by atoms with van der Waals surface area (Å²) in [6.45, 7) is 4.67. The number of benzene rings is 1. The minimum Gasteiger partial charge on any atom is -0.426 e. The van der Waals surface area contributed by atoms with E-state index >= 15 is 0 Å². The second kappa shape index (κ2) is 14.7. The first-order chi connectivity index (χ1) is 17.5. The molecule has 9 heteroatoms. The van der Waals surface area contributed by atoms with E-state index in [1.54, 1.807) is 31.4 Å². The molecule has 0 heterocycles. The number of carbonyl (C=O) groups excluding carboxylic acids is 3. The maximum Gasteiger partial charge on any atom is 0.365 e. The Morgan fingerprint density at radius 1 is 0.806 bits per heavy atom. The van der Waals surface area contributed by atoms with E-state index in [-0.39, 0.29) is 36.0 Å². The Morgan fingerprint density at radius 3 is 1.78 bits per heavy atom. The van der Waals surface area contributed by atoms with E-state index in [4.69, 9.17) is 23.8 Å². The standard InChI is InChI=1S/C27H36O9/c1-3-25(28)36-35-24-11-7-20(8-12-24)27(30)34-23-15-13-22(14-16-23)33-26(29)19-5-9-21(10-6-19)32-18-4-17-31-2/h3,13-16,19-21,24H,1,4-12,17-18H2,2H3. The van der Waals surface area contributed by atoms with Crippen LogP contribution in [0.2, 0.25) is 0 Å². The lowest BCUT2D eigenvalue weighted by atomic mass is 9.87. The molecule has 0 aliphatic heterocycles. The second-order valence-electron chi connectivity index (χ2n) is 9.18. The molecule has 1 aromatic carbocycles. The normalized spacial score (nSPS) is 23.9. The average molecular weight is 505 g/mol. The van der Waals surface area contributed by atoms with Crippen molar-refractivity contribution in [1.29, 1.82) is 0 Å². The van der Waals surface area contributed by atoms with Gasteiger partial charge in [-0.25, -0.2) is 4.79 Å². The SMILES string of the molecule is C=CC(=O)OOC1CCC(C(=O)Oc2ccc(OC(=O)C3CCC(OCCCOC)CC3)cc2)CC1. The Labute approximate surface area is 211 Å². The van der Waals surface area contributed by atoms with Gasteiger partial charge in [0, 0.05) is 26.4 Å². The fourth-order valence-electron chi connectivity index (χ4n) is 4.44. The third kappa shape index (κ3) is 9.04. The van der Waals surface area contributed by atoms with Gasteiger partial charge in [-0.2, -0.15) is 4.89 Å². The summed E-state index contributed by atoms with van der Waals surface area (Å²) in [5.41, 5.74) is 0. The van der Waals surface area contributed by atoms with Crippen molar-refractivity contribution in [3.05, 3.63) is 36.9 Å². The van der Waals surface area contributed by atoms with E-state index in [1.165, 1.54) is 0 Å². The van der Waals surface area contributed by atoms with E-state index in [2.05, 4.69) is 11.5 Å². The van der Waals surface area contributed by atoms with Gasteiger partial charge >= 0.3 is 17.9 Å². The van der Waals surface area contributed by atoms with Crippen molar-refractivity contribution in [2.75, 3.05) is 20.3 Å². The maximum atomic E-state index is 12.6. The molecule has 2 aliphatic rings. The highest BCUT2D eigenvalue weighted by atomic mass is 17.2. The smallest absolute Gasteiger partial charge is 0.365 e.